The van der Waals surface area contributed by atoms with Crippen molar-refractivity contribution in [2.75, 3.05) is 0 Å². The maximum atomic E-state index is 11.9. The summed E-state index contributed by atoms with van der Waals surface area (Å²) in [5, 5.41) is 11.8. The van der Waals surface area contributed by atoms with Crippen LogP contribution in [0.25, 0.3) is 0 Å². The Hall–Kier alpha value is -1.84. The number of carboxylic acid groups (broad SMARTS) is 1. The third kappa shape index (κ3) is 3.09. The molecule has 2 rings (SSSR count). The third-order valence-electron chi connectivity index (χ3n) is 3.33. The van der Waals surface area contributed by atoms with E-state index in [2.05, 4.69) is 5.32 Å². The maximum absolute atomic E-state index is 11.9. The van der Waals surface area contributed by atoms with Gasteiger partial charge in [0.1, 0.15) is 0 Å². The van der Waals surface area contributed by atoms with Crippen molar-refractivity contribution in [2.24, 2.45) is 0 Å². The van der Waals surface area contributed by atoms with E-state index in [1.165, 1.54) is 31.4 Å². The van der Waals surface area contributed by atoms with E-state index in [9.17, 15) is 9.59 Å². The minimum absolute atomic E-state index is 0.112. The first-order valence-electron chi connectivity index (χ1n) is 6.31. The van der Waals surface area contributed by atoms with Gasteiger partial charge in [-0.1, -0.05) is 19.3 Å². The molecule has 0 aliphatic heterocycles. The lowest BCUT2D eigenvalue weighted by Gasteiger charge is -2.22. The number of benzene rings is 1. The normalized spacial score (nSPS) is 16.2. The van der Waals surface area contributed by atoms with E-state index in [0.29, 0.717) is 5.56 Å². The summed E-state index contributed by atoms with van der Waals surface area (Å²) >= 11 is 0. The average molecular weight is 247 g/mol. The average Bonchev–Trinajstić information content (AvgIpc) is 2.40. The molecular formula is C14H17NO3. The highest BCUT2D eigenvalue weighted by molar-refractivity contribution is 5.96. The van der Waals surface area contributed by atoms with Gasteiger partial charge in [0.15, 0.2) is 0 Å². The molecule has 0 radical (unpaired) electrons. The smallest absolute Gasteiger partial charge is 0.335 e. The Balaban J connectivity index is 1.97. The predicted molar refractivity (Wildman–Crippen MR) is 67.7 cm³/mol. The van der Waals surface area contributed by atoms with Crippen molar-refractivity contribution in [2.45, 2.75) is 38.1 Å². The van der Waals surface area contributed by atoms with Crippen molar-refractivity contribution in [3.05, 3.63) is 35.4 Å². The Kier molecular flexibility index (Phi) is 3.97. The van der Waals surface area contributed by atoms with Crippen molar-refractivity contribution in [3.63, 3.8) is 0 Å². The van der Waals surface area contributed by atoms with Crippen LogP contribution in [0.2, 0.25) is 0 Å². The Bertz CT molecular complexity index is 433. The zero-order valence-corrected chi connectivity index (χ0v) is 10.2. The SMILES string of the molecule is O=C(O)c1ccc(C(=O)NC2CCCCC2)cc1. The molecule has 4 heteroatoms. The van der Waals surface area contributed by atoms with Crippen molar-refractivity contribution in [3.8, 4) is 0 Å². The van der Waals surface area contributed by atoms with Gasteiger partial charge in [-0.15, -0.1) is 0 Å². The second kappa shape index (κ2) is 5.67. The van der Waals surface area contributed by atoms with E-state index in [-0.39, 0.29) is 17.5 Å². The molecule has 0 heterocycles. The van der Waals surface area contributed by atoms with Gasteiger partial charge in [0.05, 0.1) is 5.56 Å². The fourth-order valence-corrected chi connectivity index (χ4v) is 2.28. The second-order valence-electron chi connectivity index (χ2n) is 4.69. The lowest BCUT2D eigenvalue weighted by atomic mass is 9.95. The number of hydrogen-bond donors (Lipinski definition) is 2. The quantitative estimate of drug-likeness (QED) is 0.862. The number of hydrogen-bond acceptors (Lipinski definition) is 2. The van der Waals surface area contributed by atoms with E-state index in [1.54, 1.807) is 12.1 Å². The van der Waals surface area contributed by atoms with Crippen LogP contribution in [0.3, 0.4) is 0 Å². The number of carbonyl (C=O) groups excluding carboxylic acids is 1. The van der Waals surface area contributed by atoms with E-state index >= 15 is 0 Å². The fraction of sp³-hybridized carbons (Fsp3) is 0.429. The van der Waals surface area contributed by atoms with Crippen LogP contribution in [0.4, 0.5) is 0 Å². The Morgan fingerprint density at radius 1 is 1.00 bits per heavy atom. The highest BCUT2D eigenvalue weighted by Gasteiger charge is 2.16. The summed E-state index contributed by atoms with van der Waals surface area (Å²) in [4.78, 5) is 22.6. The van der Waals surface area contributed by atoms with E-state index < -0.39 is 5.97 Å². The third-order valence-corrected chi connectivity index (χ3v) is 3.33. The zero-order chi connectivity index (χ0) is 13.0. The lowest BCUT2D eigenvalue weighted by molar-refractivity contribution is 0.0696. The van der Waals surface area contributed by atoms with Crippen molar-refractivity contribution in [1.82, 2.24) is 5.32 Å². The van der Waals surface area contributed by atoms with Crippen molar-refractivity contribution >= 4 is 11.9 Å². The molecule has 1 aliphatic carbocycles. The lowest BCUT2D eigenvalue weighted by Crippen LogP contribution is -2.36. The van der Waals surface area contributed by atoms with Crippen LogP contribution in [0.1, 0.15) is 52.8 Å². The first kappa shape index (κ1) is 12.6. The van der Waals surface area contributed by atoms with Crippen LogP contribution in [-0.4, -0.2) is 23.0 Å². The summed E-state index contributed by atoms with van der Waals surface area (Å²) in [6, 6.07) is 6.30. The summed E-state index contributed by atoms with van der Waals surface area (Å²) in [6.45, 7) is 0. The molecule has 1 aromatic rings. The number of aromatic carboxylic acids is 1. The molecule has 1 aromatic carbocycles. The molecular weight excluding hydrogens is 230 g/mol. The Morgan fingerprint density at radius 3 is 2.11 bits per heavy atom. The minimum Gasteiger partial charge on any atom is -0.478 e. The van der Waals surface area contributed by atoms with Crippen molar-refractivity contribution < 1.29 is 14.7 Å². The summed E-state index contributed by atoms with van der Waals surface area (Å²) in [5.41, 5.74) is 0.717. The topological polar surface area (TPSA) is 66.4 Å². The fourth-order valence-electron chi connectivity index (χ4n) is 2.28. The predicted octanol–water partition coefficient (Wildman–Crippen LogP) is 2.45. The molecule has 1 amide bonds. The van der Waals surface area contributed by atoms with Gasteiger partial charge in [-0.05, 0) is 37.1 Å². The molecule has 1 fully saturated rings. The first-order chi connectivity index (χ1) is 8.66. The molecule has 0 aromatic heterocycles. The molecule has 18 heavy (non-hydrogen) atoms. The molecule has 0 atom stereocenters. The number of nitrogens with one attached hydrogen (secondary N) is 1. The Labute approximate surface area is 106 Å². The molecule has 0 unspecified atom stereocenters. The summed E-state index contributed by atoms with van der Waals surface area (Å²) < 4.78 is 0. The summed E-state index contributed by atoms with van der Waals surface area (Å²) in [5.74, 6) is -1.09. The van der Waals surface area contributed by atoms with Crippen LogP contribution < -0.4 is 5.32 Å². The van der Waals surface area contributed by atoms with Crippen LogP contribution >= 0.6 is 0 Å². The number of carbonyl (C=O) groups is 2. The van der Waals surface area contributed by atoms with Gasteiger partial charge in [0.25, 0.3) is 5.91 Å². The minimum atomic E-state index is -0.978. The standard InChI is InChI=1S/C14H17NO3/c16-13(15-12-4-2-1-3-5-12)10-6-8-11(9-7-10)14(17)18/h6-9,12H,1-5H2,(H,15,16)(H,17,18). The molecule has 96 valence electrons. The van der Waals surface area contributed by atoms with Crippen LogP contribution in [-0.2, 0) is 0 Å². The van der Waals surface area contributed by atoms with Crippen LogP contribution in [0, 0.1) is 0 Å². The second-order valence-corrected chi connectivity index (χ2v) is 4.69. The van der Waals surface area contributed by atoms with Gasteiger partial charge in [-0.25, -0.2) is 4.79 Å². The van der Waals surface area contributed by atoms with E-state index in [0.717, 1.165) is 12.8 Å². The Morgan fingerprint density at radius 2 is 1.56 bits per heavy atom. The molecule has 0 bridgehead atoms. The zero-order valence-electron chi connectivity index (χ0n) is 10.2. The van der Waals surface area contributed by atoms with E-state index in [4.69, 9.17) is 5.11 Å². The largest absolute Gasteiger partial charge is 0.478 e. The van der Waals surface area contributed by atoms with Gasteiger partial charge in [-0.2, -0.15) is 0 Å². The van der Waals surface area contributed by atoms with Gasteiger partial charge < -0.3 is 10.4 Å². The van der Waals surface area contributed by atoms with Crippen molar-refractivity contribution in [1.29, 1.82) is 0 Å². The molecule has 1 saturated carbocycles. The van der Waals surface area contributed by atoms with Gasteiger partial charge in [-0.3, -0.25) is 4.79 Å². The summed E-state index contributed by atoms with van der Waals surface area (Å²) in [7, 11) is 0. The molecule has 2 N–H and O–H groups in total. The van der Waals surface area contributed by atoms with Crippen LogP contribution in [0.5, 0.6) is 0 Å². The van der Waals surface area contributed by atoms with Gasteiger partial charge in [0, 0.05) is 11.6 Å². The molecule has 1 aliphatic rings. The number of rotatable bonds is 3. The highest BCUT2D eigenvalue weighted by Crippen LogP contribution is 2.17. The maximum Gasteiger partial charge on any atom is 0.335 e. The number of amides is 1. The van der Waals surface area contributed by atoms with E-state index in [1.807, 2.05) is 0 Å². The monoisotopic (exact) mass is 247 g/mol. The summed E-state index contributed by atoms with van der Waals surface area (Å²) in [6.07, 6.45) is 5.67. The van der Waals surface area contributed by atoms with Gasteiger partial charge in [0.2, 0.25) is 0 Å². The highest BCUT2D eigenvalue weighted by atomic mass is 16.4. The first-order valence-corrected chi connectivity index (χ1v) is 6.31. The molecule has 4 nitrogen and oxygen atoms in total. The van der Waals surface area contributed by atoms with Gasteiger partial charge >= 0.3 is 5.97 Å². The van der Waals surface area contributed by atoms with Crippen LogP contribution in [0.15, 0.2) is 24.3 Å². The molecule has 0 spiro atoms. The molecule has 0 saturated heterocycles. The number of carboxylic acids is 1.